The lowest BCUT2D eigenvalue weighted by Gasteiger charge is -2.35. The number of rotatable bonds is 4. The van der Waals surface area contributed by atoms with Crippen LogP contribution in [0.4, 0.5) is 11.4 Å². The molecule has 2 unspecified atom stereocenters. The van der Waals surface area contributed by atoms with E-state index in [9.17, 15) is 19.2 Å². The summed E-state index contributed by atoms with van der Waals surface area (Å²) in [6.45, 7) is 3.45. The highest BCUT2D eigenvalue weighted by Crippen LogP contribution is 2.51. The fraction of sp³-hybridized carbons (Fsp3) is 0.407. The normalized spacial score (nSPS) is 25.8. The maximum absolute atomic E-state index is 14.1. The van der Waals surface area contributed by atoms with Crippen LogP contribution in [0.1, 0.15) is 29.5 Å². The first-order valence-electron chi connectivity index (χ1n) is 12.5. The molecule has 0 bridgehead atoms. The van der Waals surface area contributed by atoms with E-state index in [4.69, 9.17) is 5.73 Å². The summed E-state index contributed by atoms with van der Waals surface area (Å²) in [6, 6.07) is 13.5. The van der Waals surface area contributed by atoms with Crippen LogP contribution in [0.25, 0.3) is 0 Å². The lowest BCUT2D eigenvalue weighted by Crippen LogP contribution is -2.55. The number of amides is 4. The molecule has 3 aliphatic heterocycles. The zero-order valence-electron chi connectivity index (χ0n) is 20.0. The van der Waals surface area contributed by atoms with E-state index in [1.807, 2.05) is 24.3 Å². The molecule has 2 aromatic carbocycles. The first-order valence-corrected chi connectivity index (χ1v) is 12.5. The number of fused-ring (bicyclic) bond motifs is 3. The molecule has 1 spiro atoms. The van der Waals surface area contributed by atoms with Gasteiger partial charge in [-0.15, -0.1) is 0 Å². The Morgan fingerprint density at radius 1 is 1.00 bits per heavy atom. The van der Waals surface area contributed by atoms with Crippen molar-refractivity contribution < 1.29 is 19.2 Å². The van der Waals surface area contributed by atoms with Crippen molar-refractivity contribution in [1.82, 2.24) is 10.2 Å². The second-order valence-corrected chi connectivity index (χ2v) is 10.3. The molecule has 3 N–H and O–H groups in total. The van der Waals surface area contributed by atoms with E-state index in [0.29, 0.717) is 19.3 Å². The van der Waals surface area contributed by atoms with Crippen molar-refractivity contribution >= 4 is 35.0 Å². The average molecular weight is 488 g/mol. The molecule has 2 fully saturated rings. The molecule has 2 aromatic rings. The third-order valence-corrected chi connectivity index (χ3v) is 8.12. The number of nitrogens with one attached hydrogen (secondary N) is 1. The zero-order chi connectivity index (χ0) is 25.0. The van der Waals surface area contributed by atoms with Crippen LogP contribution in [0.3, 0.4) is 0 Å². The third kappa shape index (κ3) is 3.57. The molecule has 2 atom stereocenters. The third-order valence-electron chi connectivity index (χ3n) is 8.12. The predicted molar refractivity (Wildman–Crippen MR) is 133 cm³/mol. The minimum absolute atomic E-state index is 0.0592. The summed E-state index contributed by atoms with van der Waals surface area (Å²) >= 11 is 0. The first-order chi connectivity index (χ1) is 17.4. The number of hydrogen-bond donors (Lipinski definition) is 2. The topological polar surface area (TPSA) is 116 Å². The number of piperidine rings is 1. The van der Waals surface area contributed by atoms with Crippen molar-refractivity contribution in [3.8, 4) is 0 Å². The number of imide groups is 1. The lowest BCUT2D eigenvalue weighted by atomic mass is 9.79. The van der Waals surface area contributed by atoms with Gasteiger partial charge in [0.1, 0.15) is 6.04 Å². The SMILES string of the molecule is NC(=O)CN1CCN(c2ccc3c(c2)CC2(C3)C(=O)N(C3CCC(=O)NC3=O)c3ccccc32)CC1. The summed E-state index contributed by atoms with van der Waals surface area (Å²) in [5.41, 5.74) is 9.76. The summed E-state index contributed by atoms with van der Waals surface area (Å²) in [5, 5.41) is 2.40. The van der Waals surface area contributed by atoms with Crippen molar-refractivity contribution in [1.29, 1.82) is 0 Å². The Hall–Kier alpha value is -3.72. The zero-order valence-corrected chi connectivity index (χ0v) is 20.0. The highest BCUT2D eigenvalue weighted by Gasteiger charge is 2.56. The number of carbonyl (C=O) groups is 4. The Balaban J connectivity index is 1.27. The molecule has 0 aromatic heterocycles. The number of primary amides is 1. The number of carbonyl (C=O) groups excluding carboxylic acids is 4. The number of nitrogens with zero attached hydrogens (tertiary/aromatic N) is 3. The molecule has 3 heterocycles. The van der Waals surface area contributed by atoms with Gasteiger partial charge in [0.2, 0.25) is 23.6 Å². The van der Waals surface area contributed by atoms with E-state index in [-0.39, 0.29) is 30.7 Å². The maximum atomic E-state index is 14.1. The van der Waals surface area contributed by atoms with Gasteiger partial charge in [-0.05, 0) is 54.2 Å². The molecule has 0 saturated carbocycles. The van der Waals surface area contributed by atoms with E-state index < -0.39 is 17.4 Å². The molecular formula is C27H29N5O4. The van der Waals surface area contributed by atoms with E-state index in [0.717, 1.165) is 54.2 Å². The summed E-state index contributed by atoms with van der Waals surface area (Å²) in [7, 11) is 0. The molecule has 6 rings (SSSR count). The van der Waals surface area contributed by atoms with Gasteiger partial charge in [0.15, 0.2) is 0 Å². The van der Waals surface area contributed by atoms with Crippen LogP contribution < -0.4 is 20.9 Å². The highest BCUT2D eigenvalue weighted by molar-refractivity contribution is 6.14. The first kappa shape index (κ1) is 22.7. The lowest BCUT2D eigenvalue weighted by molar-refractivity contribution is -0.136. The van der Waals surface area contributed by atoms with E-state index in [2.05, 4.69) is 33.3 Å². The van der Waals surface area contributed by atoms with E-state index in [1.165, 1.54) is 0 Å². The van der Waals surface area contributed by atoms with Gasteiger partial charge < -0.3 is 10.6 Å². The Bertz CT molecular complexity index is 1280. The van der Waals surface area contributed by atoms with Crippen molar-refractivity contribution in [2.75, 3.05) is 42.5 Å². The molecule has 186 valence electrons. The molecule has 0 radical (unpaired) electrons. The largest absolute Gasteiger partial charge is 0.369 e. The van der Waals surface area contributed by atoms with Gasteiger partial charge in [0, 0.05) is 44.0 Å². The Morgan fingerprint density at radius 3 is 2.50 bits per heavy atom. The van der Waals surface area contributed by atoms with Crippen molar-refractivity contribution in [2.24, 2.45) is 5.73 Å². The van der Waals surface area contributed by atoms with Gasteiger partial charge in [0.25, 0.3) is 0 Å². The van der Waals surface area contributed by atoms with Gasteiger partial charge in [-0.1, -0.05) is 24.3 Å². The van der Waals surface area contributed by atoms with Crippen LogP contribution >= 0.6 is 0 Å². The monoisotopic (exact) mass is 487 g/mol. The fourth-order valence-electron chi connectivity index (χ4n) is 6.37. The van der Waals surface area contributed by atoms with Crippen LogP contribution in [0, 0.1) is 0 Å². The number of hydrogen-bond acceptors (Lipinski definition) is 6. The molecular weight excluding hydrogens is 458 g/mol. The van der Waals surface area contributed by atoms with Crippen LogP contribution in [-0.2, 0) is 37.4 Å². The Labute approximate surface area is 209 Å². The van der Waals surface area contributed by atoms with Gasteiger partial charge in [0.05, 0.1) is 12.0 Å². The highest BCUT2D eigenvalue weighted by atomic mass is 16.2. The minimum Gasteiger partial charge on any atom is -0.369 e. The number of piperazine rings is 1. The second kappa shape index (κ2) is 8.44. The molecule has 4 aliphatic rings. The molecule has 2 saturated heterocycles. The Morgan fingerprint density at radius 2 is 1.75 bits per heavy atom. The van der Waals surface area contributed by atoms with Gasteiger partial charge in [-0.3, -0.25) is 34.3 Å². The van der Waals surface area contributed by atoms with Crippen LogP contribution in [0.2, 0.25) is 0 Å². The van der Waals surface area contributed by atoms with Crippen LogP contribution in [-0.4, -0.2) is 67.3 Å². The molecule has 9 heteroatoms. The maximum Gasteiger partial charge on any atom is 0.249 e. The van der Waals surface area contributed by atoms with Gasteiger partial charge >= 0.3 is 0 Å². The predicted octanol–water partition coefficient (Wildman–Crippen LogP) is 0.482. The fourth-order valence-corrected chi connectivity index (χ4v) is 6.37. The van der Waals surface area contributed by atoms with Crippen molar-refractivity contribution in [3.63, 3.8) is 0 Å². The summed E-state index contributed by atoms with van der Waals surface area (Å²) in [4.78, 5) is 55.8. The number of anilines is 2. The Kier molecular flexibility index (Phi) is 5.33. The number of benzene rings is 2. The molecule has 1 aliphatic carbocycles. The second-order valence-electron chi connectivity index (χ2n) is 10.3. The summed E-state index contributed by atoms with van der Waals surface area (Å²) in [5.74, 6) is -1.06. The minimum atomic E-state index is -0.737. The van der Waals surface area contributed by atoms with E-state index >= 15 is 0 Å². The molecule has 36 heavy (non-hydrogen) atoms. The van der Waals surface area contributed by atoms with Gasteiger partial charge in [-0.25, -0.2) is 0 Å². The van der Waals surface area contributed by atoms with Crippen LogP contribution in [0.5, 0.6) is 0 Å². The summed E-state index contributed by atoms with van der Waals surface area (Å²) in [6.07, 6.45) is 1.73. The van der Waals surface area contributed by atoms with E-state index in [1.54, 1.807) is 4.90 Å². The average Bonchev–Trinajstić information content (AvgIpc) is 3.35. The summed E-state index contributed by atoms with van der Waals surface area (Å²) < 4.78 is 0. The van der Waals surface area contributed by atoms with Crippen molar-refractivity contribution in [2.45, 2.75) is 37.1 Å². The molecule has 9 nitrogen and oxygen atoms in total. The van der Waals surface area contributed by atoms with Crippen LogP contribution in [0.15, 0.2) is 42.5 Å². The van der Waals surface area contributed by atoms with Crippen molar-refractivity contribution in [3.05, 3.63) is 59.2 Å². The number of nitrogens with two attached hydrogens (primary N) is 1. The smallest absolute Gasteiger partial charge is 0.249 e. The van der Waals surface area contributed by atoms with Gasteiger partial charge in [-0.2, -0.15) is 0 Å². The molecule has 4 amide bonds. The number of para-hydroxylation sites is 1. The quantitative estimate of drug-likeness (QED) is 0.607. The standard InChI is InChI=1S/C27H29N5O4/c28-23(33)16-30-9-11-31(12-10-30)19-6-5-17-14-27(15-18(17)13-19)20-3-1-2-4-21(20)32(26(27)36)22-7-8-24(34)29-25(22)35/h1-6,13,22H,7-12,14-16H2,(H2,28,33)(H,29,34,35).